The number of alkyl halides is 3. The van der Waals surface area contributed by atoms with E-state index in [1.165, 1.54) is 12.1 Å². The van der Waals surface area contributed by atoms with Crippen molar-refractivity contribution in [1.82, 2.24) is 14.7 Å². The van der Waals surface area contributed by atoms with Crippen LogP contribution in [-0.4, -0.2) is 20.4 Å². The molecule has 0 saturated heterocycles. The van der Waals surface area contributed by atoms with Crippen molar-refractivity contribution >= 4 is 11.0 Å². The number of rotatable bonds is 5. The van der Waals surface area contributed by atoms with Gasteiger partial charge < -0.3 is 9.09 Å². The molecule has 0 radical (unpaired) electrons. The first-order valence-corrected chi connectivity index (χ1v) is 11.7. The SMILES string of the molecule is Cc1noc(C)c1-c1cnc2c(-c3ccc(C(F)F)cc3)cn(CC3CCC(C)(F)CC3)c2c1. The minimum Gasteiger partial charge on any atom is -0.361 e. The van der Waals surface area contributed by atoms with Gasteiger partial charge in [-0.1, -0.05) is 29.4 Å². The molecule has 34 heavy (non-hydrogen) atoms. The van der Waals surface area contributed by atoms with Gasteiger partial charge in [0.1, 0.15) is 11.4 Å². The summed E-state index contributed by atoms with van der Waals surface area (Å²) in [5.41, 5.74) is 5.07. The van der Waals surface area contributed by atoms with Gasteiger partial charge in [0.25, 0.3) is 6.43 Å². The van der Waals surface area contributed by atoms with Gasteiger partial charge >= 0.3 is 0 Å². The summed E-state index contributed by atoms with van der Waals surface area (Å²) in [6.45, 7) is 6.23. The lowest BCUT2D eigenvalue weighted by atomic mass is 9.81. The number of aromatic nitrogens is 3. The smallest absolute Gasteiger partial charge is 0.263 e. The average molecular weight is 468 g/mol. The molecule has 0 amide bonds. The van der Waals surface area contributed by atoms with E-state index in [4.69, 9.17) is 9.51 Å². The largest absolute Gasteiger partial charge is 0.361 e. The number of pyridine rings is 1. The van der Waals surface area contributed by atoms with E-state index in [1.807, 2.05) is 20.0 Å². The summed E-state index contributed by atoms with van der Waals surface area (Å²) in [4.78, 5) is 4.79. The average Bonchev–Trinajstić information content (AvgIpc) is 3.34. The second-order valence-corrected chi connectivity index (χ2v) is 9.77. The summed E-state index contributed by atoms with van der Waals surface area (Å²) in [6, 6.07) is 8.46. The Hall–Kier alpha value is -3.09. The lowest BCUT2D eigenvalue weighted by molar-refractivity contribution is 0.0985. The molecule has 0 N–H and O–H groups in total. The molecule has 0 aliphatic heterocycles. The lowest BCUT2D eigenvalue weighted by Gasteiger charge is -2.31. The molecule has 4 nitrogen and oxygen atoms in total. The zero-order chi connectivity index (χ0) is 24.0. The van der Waals surface area contributed by atoms with Gasteiger partial charge in [-0.05, 0) is 64.0 Å². The molecular weight excluding hydrogens is 439 g/mol. The van der Waals surface area contributed by atoms with Crippen molar-refractivity contribution in [2.75, 3.05) is 0 Å². The third-order valence-electron chi connectivity index (χ3n) is 7.12. The molecule has 1 aromatic carbocycles. The monoisotopic (exact) mass is 467 g/mol. The Labute approximate surface area is 196 Å². The van der Waals surface area contributed by atoms with E-state index in [-0.39, 0.29) is 5.56 Å². The van der Waals surface area contributed by atoms with E-state index in [1.54, 1.807) is 19.1 Å². The van der Waals surface area contributed by atoms with Crippen LogP contribution in [0.3, 0.4) is 0 Å². The second kappa shape index (κ2) is 8.60. The van der Waals surface area contributed by atoms with Crippen molar-refractivity contribution in [3.05, 3.63) is 59.7 Å². The zero-order valence-corrected chi connectivity index (χ0v) is 19.6. The van der Waals surface area contributed by atoms with Crippen molar-refractivity contribution in [3.63, 3.8) is 0 Å². The minimum atomic E-state index is -2.50. The predicted octanol–water partition coefficient (Wildman–Crippen LogP) is 7.83. The Bertz CT molecular complexity index is 1290. The first-order valence-electron chi connectivity index (χ1n) is 11.7. The summed E-state index contributed by atoms with van der Waals surface area (Å²) in [6.07, 6.45) is 4.17. The van der Waals surface area contributed by atoms with Gasteiger partial charge in [0.15, 0.2) is 0 Å². The topological polar surface area (TPSA) is 43.9 Å². The number of hydrogen-bond acceptors (Lipinski definition) is 3. The number of halogens is 3. The van der Waals surface area contributed by atoms with E-state index in [0.29, 0.717) is 18.8 Å². The summed E-state index contributed by atoms with van der Waals surface area (Å²) in [7, 11) is 0. The molecule has 0 unspecified atom stereocenters. The molecule has 0 bridgehead atoms. The molecule has 7 heteroatoms. The summed E-state index contributed by atoms with van der Waals surface area (Å²) in [5.74, 6) is 1.10. The minimum absolute atomic E-state index is 0.00220. The molecule has 0 spiro atoms. The Balaban J connectivity index is 1.58. The highest BCUT2D eigenvalue weighted by Crippen LogP contribution is 2.38. The zero-order valence-electron chi connectivity index (χ0n) is 19.6. The first-order chi connectivity index (χ1) is 16.2. The fourth-order valence-corrected chi connectivity index (χ4v) is 5.11. The van der Waals surface area contributed by atoms with Crippen LogP contribution < -0.4 is 0 Å². The van der Waals surface area contributed by atoms with Crippen LogP contribution in [-0.2, 0) is 6.54 Å². The highest BCUT2D eigenvalue weighted by atomic mass is 19.3. The van der Waals surface area contributed by atoms with Crippen molar-refractivity contribution in [2.45, 2.75) is 65.1 Å². The number of hydrogen-bond donors (Lipinski definition) is 0. The van der Waals surface area contributed by atoms with Crippen LogP contribution in [0.2, 0.25) is 0 Å². The lowest BCUT2D eigenvalue weighted by Crippen LogP contribution is -2.27. The molecule has 4 aromatic rings. The maximum absolute atomic E-state index is 14.4. The Morgan fingerprint density at radius 3 is 2.44 bits per heavy atom. The van der Waals surface area contributed by atoms with Crippen LogP contribution in [0.5, 0.6) is 0 Å². The van der Waals surface area contributed by atoms with Gasteiger partial charge in [-0.25, -0.2) is 13.2 Å². The van der Waals surface area contributed by atoms with Gasteiger partial charge in [-0.2, -0.15) is 0 Å². The molecule has 3 aromatic heterocycles. The fourth-order valence-electron chi connectivity index (χ4n) is 5.11. The van der Waals surface area contributed by atoms with E-state index < -0.39 is 12.1 Å². The third kappa shape index (κ3) is 4.24. The Morgan fingerprint density at radius 1 is 1.12 bits per heavy atom. The molecule has 1 saturated carbocycles. The fraction of sp³-hybridized carbons (Fsp3) is 0.407. The van der Waals surface area contributed by atoms with Crippen LogP contribution in [0.1, 0.15) is 56.1 Å². The van der Waals surface area contributed by atoms with Crippen molar-refractivity contribution in [1.29, 1.82) is 0 Å². The quantitative estimate of drug-likeness (QED) is 0.300. The van der Waals surface area contributed by atoms with E-state index in [0.717, 1.165) is 64.1 Å². The molecule has 0 atom stereocenters. The summed E-state index contributed by atoms with van der Waals surface area (Å²) >= 11 is 0. The molecular formula is C27H28F3N3O. The van der Waals surface area contributed by atoms with Crippen LogP contribution in [0.25, 0.3) is 33.3 Å². The Kier molecular flexibility index (Phi) is 5.74. The maximum Gasteiger partial charge on any atom is 0.263 e. The number of nitrogens with zero attached hydrogens (tertiary/aromatic N) is 3. The van der Waals surface area contributed by atoms with E-state index in [9.17, 15) is 13.2 Å². The van der Waals surface area contributed by atoms with E-state index in [2.05, 4.69) is 22.0 Å². The number of aryl methyl sites for hydroxylation is 2. The van der Waals surface area contributed by atoms with Gasteiger partial charge in [0.05, 0.1) is 16.7 Å². The standard InChI is InChI=1S/C27H28F3N3O/c1-16-24(17(2)34-32-16)21-12-23-25(31-13-21)22(19-4-6-20(7-5-19)26(28)29)15-33(23)14-18-8-10-27(3,30)11-9-18/h4-7,12-13,15,18,26H,8-11,14H2,1-3H3. The van der Waals surface area contributed by atoms with Crippen LogP contribution >= 0.6 is 0 Å². The summed E-state index contributed by atoms with van der Waals surface area (Å²) in [5, 5.41) is 4.07. The van der Waals surface area contributed by atoms with Crippen molar-refractivity contribution in [2.24, 2.45) is 5.92 Å². The van der Waals surface area contributed by atoms with Gasteiger partial charge in [-0.15, -0.1) is 0 Å². The van der Waals surface area contributed by atoms with E-state index >= 15 is 0 Å². The molecule has 5 rings (SSSR count). The van der Waals surface area contributed by atoms with Crippen molar-refractivity contribution in [3.8, 4) is 22.3 Å². The van der Waals surface area contributed by atoms with Crippen LogP contribution in [0.4, 0.5) is 13.2 Å². The second-order valence-electron chi connectivity index (χ2n) is 9.77. The maximum atomic E-state index is 14.4. The first kappa shape index (κ1) is 22.7. The summed E-state index contributed by atoms with van der Waals surface area (Å²) < 4.78 is 48.0. The van der Waals surface area contributed by atoms with Crippen LogP contribution in [0.15, 0.2) is 47.2 Å². The van der Waals surface area contributed by atoms with Gasteiger partial charge in [0.2, 0.25) is 0 Å². The highest BCUT2D eigenvalue weighted by molar-refractivity contribution is 5.95. The normalized spacial score (nSPS) is 21.0. The number of benzene rings is 1. The molecule has 1 fully saturated rings. The van der Waals surface area contributed by atoms with Gasteiger partial charge in [-0.3, -0.25) is 4.98 Å². The third-order valence-corrected chi connectivity index (χ3v) is 7.12. The van der Waals surface area contributed by atoms with Gasteiger partial charge in [0, 0.05) is 41.2 Å². The molecule has 1 aliphatic carbocycles. The highest BCUT2D eigenvalue weighted by Gasteiger charge is 2.31. The number of fused-ring (bicyclic) bond motifs is 1. The Morgan fingerprint density at radius 2 is 1.82 bits per heavy atom. The molecule has 1 aliphatic rings. The molecule has 3 heterocycles. The van der Waals surface area contributed by atoms with Crippen molar-refractivity contribution < 1.29 is 17.7 Å². The predicted molar refractivity (Wildman–Crippen MR) is 127 cm³/mol. The van der Waals surface area contributed by atoms with Crippen LogP contribution in [0, 0.1) is 19.8 Å². The molecule has 178 valence electrons.